The zero-order chi connectivity index (χ0) is 22.9. The van der Waals surface area contributed by atoms with E-state index in [4.69, 9.17) is 9.84 Å². The Labute approximate surface area is 178 Å². The van der Waals surface area contributed by atoms with E-state index < -0.39 is 41.2 Å². The minimum absolute atomic E-state index is 0.000698. The fourth-order valence-corrected chi connectivity index (χ4v) is 3.66. The average Bonchev–Trinajstić information content (AvgIpc) is 3.57. The Kier molecular flexibility index (Phi) is 6.57. The maximum absolute atomic E-state index is 15.4. The van der Waals surface area contributed by atoms with Gasteiger partial charge in [-0.15, -0.1) is 0 Å². The molecule has 166 valence electrons. The van der Waals surface area contributed by atoms with Gasteiger partial charge in [-0.1, -0.05) is 23.8 Å². The maximum Gasteiger partial charge on any atom is 0.308 e. The van der Waals surface area contributed by atoms with Crippen LogP contribution in [0.4, 0.5) is 13.2 Å². The molecule has 3 rings (SSSR count). The summed E-state index contributed by atoms with van der Waals surface area (Å²) in [6.45, 7) is 4.24. The molecule has 0 atom stereocenters. The zero-order valence-electron chi connectivity index (χ0n) is 17.6. The van der Waals surface area contributed by atoms with Crippen molar-refractivity contribution in [2.24, 2.45) is 5.92 Å². The van der Waals surface area contributed by atoms with Crippen molar-refractivity contribution >= 4 is 11.9 Å². The normalized spacial score (nSPS) is 13.2. The van der Waals surface area contributed by atoms with E-state index in [0.29, 0.717) is 12.1 Å². The Morgan fingerprint density at radius 2 is 1.84 bits per heavy atom. The van der Waals surface area contributed by atoms with Crippen molar-refractivity contribution in [2.45, 2.75) is 39.7 Å². The highest BCUT2D eigenvalue weighted by atomic mass is 19.2. The summed E-state index contributed by atoms with van der Waals surface area (Å²) >= 11 is 0. The van der Waals surface area contributed by atoms with E-state index in [0.717, 1.165) is 25.5 Å². The molecule has 0 aromatic heterocycles. The molecule has 5 nitrogen and oxygen atoms in total. The van der Waals surface area contributed by atoms with Gasteiger partial charge in [-0.3, -0.25) is 9.59 Å². The molecule has 1 saturated carbocycles. The fourth-order valence-electron chi connectivity index (χ4n) is 3.66. The number of aryl methyl sites for hydroxylation is 1. The predicted octanol–water partition coefficient (Wildman–Crippen LogP) is 4.47. The Bertz CT molecular complexity index is 1030. The number of ether oxygens (including phenoxy) is 1. The molecule has 0 saturated heterocycles. The number of carboxylic acid groups (broad SMARTS) is 1. The molecule has 2 aromatic rings. The predicted molar refractivity (Wildman–Crippen MR) is 108 cm³/mol. The first kappa shape index (κ1) is 22.7. The van der Waals surface area contributed by atoms with Crippen molar-refractivity contribution in [1.29, 1.82) is 0 Å². The van der Waals surface area contributed by atoms with Crippen molar-refractivity contribution in [3.63, 3.8) is 0 Å². The van der Waals surface area contributed by atoms with Gasteiger partial charge in [0.1, 0.15) is 5.82 Å². The van der Waals surface area contributed by atoms with Crippen LogP contribution < -0.4 is 4.74 Å². The molecule has 1 aliphatic rings. The lowest BCUT2D eigenvalue weighted by Crippen LogP contribution is -2.31. The number of aliphatic carboxylic acids is 1. The van der Waals surface area contributed by atoms with Crippen LogP contribution in [0.5, 0.6) is 5.75 Å². The van der Waals surface area contributed by atoms with Crippen molar-refractivity contribution in [3.8, 4) is 16.9 Å². The second-order valence-corrected chi connectivity index (χ2v) is 7.69. The molecule has 1 amide bonds. The van der Waals surface area contributed by atoms with E-state index in [9.17, 15) is 18.4 Å². The van der Waals surface area contributed by atoms with Crippen LogP contribution in [-0.2, 0) is 22.6 Å². The number of hydrogen-bond donors (Lipinski definition) is 1. The zero-order valence-corrected chi connectivity index (χ0v) is 17.6. The van der Waals surface area contributed by atoms with Crippen LogP contribution in [0.2, 0.25) is 0 Å². The van der Waals surface area contributed by atoms with Gasteiger partial charge < -0.3 is 14.7 Å². The van der Waals surface area contributed by atoms with Gasteiger partial charge in [-0.05, 0) is 37.8 Å². The third kappa shape index (κ3) is 4.52. The summed E-state index contributed by atoms with van der Waals surface area (Å²) in [6.07, 6.45) is 0.647. The van der Waals surface area contributed by atoms with E-state index in [1.165, 1.54) is 0 Å². The van der Waals surface area contributed by atoms with Gasteiger partial charge in [0.15, 0.2) is 11.6 Å². The number of halogens is 3. The Hall–Kier alpha value is -3.03. The number of nitrogens with zero attached hydrogens (tertiary/aromatic N) is 1. The molecule has 0 bridgehead atoms. The first-order chi connectivity index (χ1) is 14.7. The van der Waals surface area contributed by atoms with Crippen LogP contribution in [0.1, 0.15) is 36.5 Å². The van der Waals surface area contributed by atoms with Crippen molar-refractivity contribution in [3.05, 3.63) is 52.3 Å². The average molecular weight is 435 g/mol. The van der Waals surface area contributed by atoms with E-state index in [1.54, 1.807) is 23.1 Å². The number of methoxy groups -OCH3 is 1. The highest BCUT2D eigenvalue weighted by molar-refractivity contribution is 5.82. The number of benzene rings is 2. The quantitative estimate of drug-likeness (QED) is 0.621. The summed E-state index contributed by atoms with van der Waals surface area (Å²) in [7, 11) is 1.08. The molecule has 0 radical (unpaired) electrons. The van der Waals surface area contributed by atoms with Crippen LogP contribution in [0.3, 0.4) is 0 Å². The first-order valence-electron chi connectivity index (χ1n) is 10.0. The highest BCUT2D eigenvalue weighted by Crippen LogP contribution is 2.41. The third-order valence-electron chi connectivity index (χ3n) is 5.41. The van der Waals surface area contributed by atoms with Gasteiger partial charge in [0, 0.05) is 24.6 Å². The van der Waals surface area contributed by atoms with Crippen molar-refractivity contribution in [2.75, 3.05) is 13.7 Å². The molecule has 0 aliphatic heterocycles. The molecule has 0 spiro atoms. The molecule has 31 heavy (non-hydrogen) atoms. The summed E-state index contributed by atoms with van der Waals surface area (Å²) < 4.78 is 49.4. The topological polar surface area (TPSA) is 66.8 Å². The summed E-state index contributed by atoms with van der Waals surface area (Å²) in [5.41, 5.74) is 0.338. The monoisotopic (exact) mass is 435 g/mol. The molecule has 1 fully saturated rings. The standard InChI is InChI=1S/C23H24F3NO4/c1-4-27(23(30)13-6-7-13)11-14-9-12(2)5-8-15(14)18-19(24)16(10-17(28)29)20(25)21(26)22(18)31-3/h5,8-9,13H,4,6-7,10-11H2,1-3H3,(H,28,29). The molecule has 2 aromatic carbocycles. The summed E-state index contributed by atoms with van der Waals surface area (Å²) in [5.74, 6) is -6.39. The summed E-state index contributed by atoms with van der Waals surface area (Å²) in [6, 6.07) is 4.97. The minimum atomic E-state index is -1.59. The smallest absolute Gasteiger partial charge is 0.308 e. The second kappa shape index (κ2) is 8.99. The van der Waals surface area contributed by atoms with Gasteiger partial charge in [-0.25, -0.2) is 8.78 Å². The van der Waals surface area contributed by atoms with Crippen LogP contribution in [0.25, 0.3) is 11.1 Å². The minimum Gasteiger partial charge on any atom is -0.493 e. The van der Waals surface area contributed by atoms with Crippen molar-refractivity contribution < 1.29 is 32.6 Å². The van der Waals surface area contributed by atoms with E-state index in [-0.39, 0.29) is 29.5 Å². The van der Waals surface area contributed by atoms with Gasteiger partial charge in [0.2, 0.25) is 11.7 Å². The summed E-state index contributed by atoms with van der Waals surface area (Å²) in [5, 5.41) is 9.02. The molecule has 8 heteroatoms. The second-order valence-electron chi connectivity index (χ2n) is 7.69. The van der Waals surface area contributed by atoms with Crippen molar-refractivity contribution in [1.82, 2.24) is 4.90 Å². The van der Waals surface area contributed by atoms with Gasteiger partial charge in [0.05, 0.1) is 19.1 Å². The van der Waals surface area contributed by atoms with E-state index in [1.807, 2.05) is 13.8 Å². The Morgan fingerprint density at radius 1 is 1.16 bits per heavy atom. The number of hydrogen-bond acceptors (Lipinski definition) is 3. The molecular weight excluding hydrogens is 411 g/mol. The van der Waals surface area contributed by atoms with Crippen LogP contribution in [0, 0.1) is 30.3 Å². The van der Waals surface area contributed by atoms with E-state index in [2.05, 4.69) is 0 Å². The number of amides is 1. The Balaban J connectivity index is 2.19. The molecule has 1 N–H and O–H groups in total. The van der Waals surface area contributed by atoms with Gasteiger partial charge in [0.25, 0.3) is 0 Å². The number of carbonyl (C=O) groups excluding carboxylic acids is 1. The van der Waals surface area contributed by atoms with Crippen LogP contribution in [0.15, 0.2) is 18.2 Å². The van der Waals surface area contributed by atoms with Gasteiger partial charge >= 0.3 is 5.97 Å². The molecule has 1 aliphatic carbocycles. The first-order valence-corrected chi connectivity index (χ1v) is 10.0. The lowest BCUT2D eigenvalue weighted by Gasteiger charge is -2.24. The lowest BCUT2D eigenvalue weighted by atomic mass is 9.93. The highest BCUT2D eigenvalue weighted by Gasteiger charge is 2.34. The van der Waals surface area contributed by atoms with Gasteiger partial charge in [-0.2, -0.15) is 4.39 Å². The largest absolute Gasteiger partial charge is 0.493 e. The Morgan fingerprint density at radius 3 is 2.39 bits per heavy atom. The van der Waals surface area contributed by atoms with Crippen LogP contribution in [-0.4, -0.2) is 35.5 Å². The summed E-state index contributed by atoms with van der Waals surface area (Å²) in [4.78, 5) is 25.3. The third-order valence-corrected chi connectivity index (χ3v) is 5.41. The maximum atomic E-state index is 15.4. The molecular formula is C23H24F3NO4. The number of rotatable bonds is 8. The molecule has 0 unspecified atom stereocenters. The van der Waals surface area contributed by atoms with E-state index >= 15 is 4.39 Å². The molecule has 0 heterocycles. The number of carbonyl (C=O) groups is 2. The fraction of sp³-hybridized carbons (Fsp3) is 0.391. The van der Waals surface area contributed by atoms with Crippen LogP contribution >= 0.6 is 0 Å². The number of carboxylic acids is 1. The lowest BCUT2D eigenvalue weighted by molar-refractivity contribution is -0.136. The SMILES string of the molecule is CCN(Cc1cc(C)ccc1-c1c(F)c(CC(=O)O)c(F)c(F)c1OC)C(=O)C1CC1.